The second kappa shape index (κ2) is 7.36. The van der Waals surface area contributed by atoms with Crippen LogP contribution in [0.15, 0.2) is 24.4 Å². The first-order valence-corrected chi connectivity index (χ1v) is 10.7. The molecule has 134 valence electrons. The minimum Gasteiger partial charge on any atom is -0.346 e. The summed E-state index contributed by atoms with van der Waals surface area (Å²) in [5.74, 6) is 4.27. The van der Waals surface area contributed by atoms with Crippen molar-refractivity contribution < 1.29 is 4.79 Å². The van der Waals surface area contributed by atoms with Crippen LogP contribution in [0.3, 0.4) is 0 Å². The molecule has 1 N–H and O–H groups in total. The van der Waals surface area contributed by atoms with Gasteiger partial charge in [-0.25, -0.2) is 0 Å². The van der Waals surface area contributed by atoms with E-state index >= 15 is 0 Å². The lowest BCUT2D eigenvalue weighted by Crippen LogP contribution is -2.32. The Hall–Kier alpha value is -1.56. The summed E-state index contributed by atoms with van der Waals surface area (Å²) >= 11 is 1.79. The number of aromatic nitrogens is 3. The Morgan fingerprint density at radius 2 is 2.28 bits per heavy atom. The van der Waals surface area contributed by atoms with E-state index in [1.165, 1.54) is 25.7 Å². The van der Waals surface area contributed by atoms with E-state index in [0.29, 0.717) is 12.3 Å². The molecule has 25 heavy (non-hydrogen) atoms. The fourth-order valence-corrected chi connectivity index (χ4v) is 5.19. The number of hydrogen-bond acceptors (Lipinski definition) is 4. The Morgan fingerprint density at radius 3 is 3.04 bits per heavy atom. The summed E-state index contributed by atoms with van der Waals surface area (Å²) < 4.78 is 1.99. The molecule has 2 saturated carbocycles. The standard InChI is InChI=1S/C19H26N4OS/c1-25-9-7-16(19-22-21-17-4-2-3-8-23(17)19)20-18(24)12-15-11-13-5-6-14(15)10-13/h2-4,8,13-16H,5-7,9-12H2,1H3,(H,20,24). The van der Waals surface area contributed by atoms with E-state index in [0.717, 1.165) is 35.5 Å². The monoisotopic (exact) mass is 358 g/mol. The highest BCUT2D eigenvalue weighted by atomic mass is 32.2. The predicted molar refractivity (Wildman–Crippen MR) is 100 cm³/mol. The summed E-state index contributed by atoms with van der Waals surface area (Å²) in [5.41, 5.74) is 0.828. The predicted octanol–water partition coefficient (Wildman–Crippen LogP) is 3.47. The average molecular weight is 359 g/mol. The number of nitrogens with one attached hydrogen (secondary N) is 1. The molecule has 0 aromatic carbocycles. The first-order valence-electron chi connectivity index (χ1n) is 9.32. The third-order valence-electron chi connectivity index (χ3n) is 5.93. The summed E-state index contributed by atoms with van der Waals surface area (Å²) in [6.07, 6.45) is 10.9. The maximum Gasteiger partial charge on any atom is 0.220 e. The second-order valence-electron chi connectivity index (χ2n) is 7.53. The van der Waals surface area contributed by atoms with E-state index in [-0.39, 0.29) is 11.9 Å². The molecule has 0 spiro atoms. The third kappa shape index (κ3) is 3.54. The zero-order valence-corrected chi connectivity index (χ0v) is 15.5. The number of rotatable bonds is 7. The number of amides is 1. The summed E-state index contributed by atoms with van der Waals surface area (Å²) in [6, 6.07) is 5.80. The van der Waals surface area contributed by atoms with E-state index in [2.05, 4.69) is 21.8 Å². The number of carbonyl (C=O) groups excluding carboxylic acids is 1. The lowest BCUT2D eigenvalue weighted by molar-refractivity contribution is -0.123. The van der Waals surface area contributed by atoms with Crippen molar-refractivity contribution in [2.75, 3.05) is 12.0 Å². The SMILES string of the molecule is CSCCC(NC(=O)CC1CC2CCC1C2)c1nnc2ccccn12. The molecular weight excluding hydrogens is 332 g/mol. The van der Waals surface area contributed by atoms with E-state index in [1.807, 2.05) is 28.8 Å². The van der Waals surface area contributed by atoms with Gasteiger partial charge in [-0.3, -0.25) is 9.20 Å². The van der Waals surface area contributed by atoms with E-state index in [9.17, 15) is 4.79 Å². The van der Waals surface area contributed by atoms with Gasteiger partial charge < -0.3 is 5.32 Å². The van der Waals surface area contributed by atoms with Gasteiger partial charge in [-0.2, -0.15) is 11.8 Å². The van der Waals surface area contributed by atoms with Crippen molar-refractivity contribution >= 4 is 23.3 Å². The van der Waals surface area contributed by atoms with Gasteiger partial charge in [-0.15, -0.1) is 10.2 Å². The van der Waals surface area contributed by atoms with Crippen LogP contribution in [-0.2, 0) is 4.79 Å². The topological polar surface area (TPSA) is 59.3 Å². The summed E-state index contributed by atoms with van der Waals surface area (Å²) in [6.45, 7) is 0. The molecule has 2 bridgehead atoms. The maximum absolute atomic E-state index is 12.7. The zero-order chi connectivity index (χ0) is 17.2. The summed E-state index contributed by atoms with van der Waals surface area (Å²) in [5, 5.41) is 11.9. The number of fused-ring (bicyclic) bond motifs is 3. The molecule has 4 atom stereocenters. The molecule has 5 nitrogen and oxygen atoms in total. The van der Waals surface area contributed by atoms with Crippen molar-refractivity contribution in [2.45, 2.75) is 44.6 Å². The minimum absolute atomic E-state index is 0.0732. The highest BCUT2D eigenvalue weighted by Crippen LogP contribution is 2.49. The van der Waals surface area contributed by atoms with Crippen molar-refractivity contribution in [2.24, 2.45) is 17.8 Å². The molecule has 2 heterocycles. The lowest BCUT2D eigenvalue weighted by atomic mass is 9.86. The highest BCUT2D eigenvalue weighted by Gasteiger charge is 2.40. The molecule has 2 aromatic heterocycles. The third-order valence-corrected chi connectivity index (χ3v) is 6.57. The van der Waals surface area contributed by atoms with Crippen LogP contribution < -0.4 is 5.32 Å². The van der Waals surface area contributed by atoms with Gasteiger partial charge in [0.25, 0.3) is 0 Å². The number of carbonyl (C=O) groups is 1. The van der Waals surface area contributed by atoms with Gasteiger partial charge in [0.15, 0.2) is 11.5 Å². The van der Waals surface area contributed by atoms with Gasteiger partial charge in [-0.05, 0) is 67.6 Å². The molecule has 4 unspecified atom stereocenters. The van der Waals surface area contributed by atoms with E-state index in [4.69, 9.17) is 0 Å². The van der Waals surface area contributed by atoms with Crippen LogP contribution in [0.4, 0.5) is 0 Å². The van der Waals surface area contributed by atoms with Crippen LogP contribution >= 0.6 is 11.8 Å². The zero-order valence-electron chi connectivity index (χ0n) is 14.7. The number of pyridine rings is 1. The van der Waals surface area contributed by atoms with Crippen LogP contribution in [-0.4, -0.2) is 32.5 Å². The molecular formula is C19H26N4OS. The van der Waals surface area contributed by atoms with Crippen molar-refractivity contribution in [3.05, 3.63) is 30.2 Å². The molecule has 2 aromatic rings. The summed E-state index contributed by atoms with van der Waals surface area (Å²) in [4.78, 5) is 12.7. The van der Waals surface area contributed by atoms with Crippen LogP contribution in [0.1, 0.15) is 50.4 Å². The number of nitrogens with zero attached hydrogens (tertiary/aromatic N) is 3. The van der Waals surface area contributed by atoms with Crippen LogP contribution in [0.2, 0.25) is 0 Å². The Labute approximate surface area is 153 Å². The maximum atomic E-state index is 12.7. The molecule has 2 aliphatic carbocycles. The Balaban J connectivity index is 1.46. The van der Waals surface area contributed by atoms with Crippen LogP contribution in [0, 0.1) is 17.8 Å². The van der Waals surface area contributed by atoms with Crippen molar-refractivity contribution in [3.63, 3.8) is 0 Å². The number of thioether (sulfide) groups is 1. The molecule has 2 aliphatic rings. The molecule has 1 amide bonds. The average Bonchev–Trinajstić information content (AvgIpc) is 3.33. The van der Waals surface area contributed by atoms with Crippen LogP contribution in [0.5, 0.6) is 0 Å². The second-order valence-corrected chi connectivity index (χ2v) is 8.51. The lowest BCUT2D eigenvalue weighted by Gasteiger charge is -2.23. The number of hydrogen-bond donors (Lipinski definition) is 1. The summed E-state index contributed by atoms with van der Waals surface area (Å²) in [7, 11) is 0. The minimum atomic E-state index is -0.0732. The molecule has 0 radical (unpaired) electrons. The first kappa shape index (κ1) is 16.9. The van der Waals surface area contributed by atoms with Gasteiger partial charge in [0.1, 0.15) is 0 Å². The first-order chi connectivity index (χ1) is 12.2. The Bertz CT molecular complexity index is 746. The van der Waals surface area contributed by atoms with E-state index < -0.39 is 0 Å². The highest BCUT2D eigenvalue weighted by molar-refractivity contribution is 7.98. The quantitative estimate of drug-likeness (QED) is 0.823. The van der Waals surface area contributed by atoms with Crippen molar-refractivity contribution in [1.82, 2.24) is 19.9 Å². The molecule has 2 fully saturated rings. The fraction of sp³-hybridized carbons (Fsp3) is 0.632. The Kier molecular flexibility index (Phi) is 4.97. The van der Waals surface area contributed by atoms with Crippen LogP contribution in [0.25, 0.3) is 5.65 Å². The molecule has 4 rings (SSSR count). The van der Waals surface area contributed by atoms with Crippen molar-refractivity contribution in [1.29, 1.82) is 0 Å². The normalized spacial score (nSPS) is 26.2. The molecule has 6 heteroatoms. The fourth-order valence-electron chi connectivity index (χ4n) is 4.72. The molecule has 0 saturated heterocycles. The molecule has 0 aliphatic heterocycles. The smallest absolute Gasteiger partial charge is 0.220 e. The Morgan fingerprint density at radius 1 is 1.36 bits per heavy atom. The van der Waals surface area contributed by atoms with Gasteiger partial charge >= 0.3 is 0 Å². The van der Waals surface area contributed by atoms with E-state index in [1.54, 1.807) is 11.8 Å². The van der Waals surface area contributed by atoms with Gasteiger partial charge in [-0.1, -0.05) is 12.5 Å². The van der Waals surface area contributed by atoms with Gasteiger partial charge in [0, 0.05) is 12.6 Å². The van der Waals surface area contributed by atoms with Gasteiger partial charge in [0.05, 0.1) is 6.04 Å². The van der Waals surface area contributed by atoms with Crippen molar-refractivity contribution in [3.8, 4) is 0 Å². The van der Waals surface area contributed by atoms with Gasteiger partial charge in [0.2, 0.25) is 5.91 Å². The largest absolute Gasteiger partial charge is 0.346 e.